The number of hydrogen-bond donors (Lipinski definition) is 0. The number of allylic oxidation sites excluding steroid dienone is 2. The number of hydrogen-bond acceptors (Lipinski definition) is 4. The fourth-order valence-electron chi connectivity index (χ4n) is 4.03. The Morgan fingerprint density at radius 2 is 1.77 bits per heavy atom. The number of hydrazone groups is 1. The van der Waals surface area contributed by atoms with Crippen LogP contribution in [0.4, 0.5) is 0 Å². The zero-order valence-corrected chi connectivity index (χ0v) is 17.9. The number of carbonyl (C=O) groups excluding carboxylic acids is 2. The Kier molecular flexibility index (Phi) is 4.81. The van der Waals surface area contributed by atoms with Crippen LogP contribution in [0.15, 0.2) is 29.4 Å². The Hall–Kier alpha value is -1.41. The molecular weight excluding hydrogens is 558 g/mol. The smallest absolute Gasteiger partial charge is 0.254 e. The van der Waals surface area contributed by atoms with Crippen LogP contribution in [0, 0.1) is 43.2 Å². The highest BCUT2D eigenvalue weighted by Gasteiger charge is 2.59. The standard InChI is InChI=1S/C19H14I2N2O3/c1-2-5-26-17-13(20)6-10(7-14(17)21)9-22-23-18(24)15-11-3-4-12(8-11)16(15)19(23)25/h1,3-4,6-7,9,11-12,15-16H,5,8H2/t11-,12-,15-,16+/m0/s1. The third kappa shape index (κ3) is 2.87. The van der Waals surface area contributed by atoms with Crippen LogP contribution in [0.3, 0.4) is 0 Å². The first-order valence-electron chi connectivity index (χ1n) is 8.16. The molecule has 4 atom stereocenters. The van der Waals surface area contributed by atoms with Crippen LogP contribution in [0.5, 0.6) is 5.75 Å². The van der Waals surface area contributed by atoms with Gasteiger partial charge in [0, 0.05) is 0 Å². The summed E-state index contributed by atoms with van der Waals surface area (Å²) in [6, 6.07) is 3.77. The number of ether oxygens (including phenoxy) is 1. The minimum Gasteiger partial charge on any atom is -0.479 e. The summed E-state index contributed by atoms with van der Waals surface area (Å²) in [7, 11) is 0. The molecule has 0 spiro atoms. The van der Waals surface area contributed by atoms with E-state index in [4.69, 9.17) is 11.2 Å². The monoisotopic (exact) mass is 572 g/mol. The second kappa shape index (κ2) is 6.96. The molecule has 1 saturated heterocycles. The molecule has 1 heterocycles. The van der Waals surface area contributed by atoms with Gasteiger partial charge >= 0.3 is 0 Å². The highest BCUT2D eigenvalue weighted by atomic mass is 127. The topological polar surface area (TPSA) is 59.0 Å². The van der Waals surface area contributed by atoms with Crippen LogP contribution >= 0.6 is 45.2 Å². The maximum Gasteiger partial charge on any atom is 0.254 e. The lowest BCUT2D eigenvalue weighted by atomic mass is 9.85. The number of fused-ring (bicyclic) bond motifs is 5. The molecule has 0 N–H and O–H groups in total. The number of amides is 2. The normalized spacial score (nSPS) is 28.9. The van der Waals surface area contributed by atoms with E-state index in [0.29, 0.717) is 0 Å². The summed E-state index contributed by atoms with van der Waals surface area (Å²) in [5.74, 6) is 2.75. The quantitative estimate of drug-likeness (QED) is 0.184. The van der Waals surface area contributed by atoms with Crippen LogP contribution in [-0.4, -0.2) is 29.6 Å². The maximum atomic E-state index is 12.6. The molecule has 2 aliphatic carbocycles. The minimum atomic E-state index is -0.227. The molecule has 26 heavy (non-hydrogen) atoms. The molecule has 132 valence electrons. The summed E-state index contributed by atoms with van der Waals surface area (Å²) in [5, 5.41) is 5.27. The van der Waals surface area contributed by atoms with Crippen molar-refractivity contribution in [2.24, 2.45) is 28.8 Å². The lowest BCUT2D eigenvalue weighted by Crippen LogP contribution is -2.28. The third-order valence-electron chi connectivity index (χ3n) is 5.09. The van der Waals surface area contributed by atoms with Crippen LogP contribution < -0.4 is 4.74 Å². The largest absolute Gasteiger partial charge is 0.479 e. The molecule has 7 heteroatoms. The van der Waals surface area contributed by atoms with E-state index < -0.39 is 0 Å². The van der Waals surface area contributed by atoms with Crippen molar-refractivity contribution in [3.63, 3.8) is 0 Å². The van der Waals surface area contributed by atoms with Gasteiger partial charge in [-0.1, -0.05) is 18.1 Å². The Balaban J connectivity index is 1.55. The molecule has 1 saturated carbocycles. The molecule has 0 aromatic heterocycles. The van der Waals surface area contributed by atoms with Gasteiger partial charge in [0.2, 0.25) is 0 Å². The predicted octanol–water partition coefficient (Wildman–Crippen LogP) is 3.05. The zero-order chi connectivity index (χ0) is 18.4. The van der Waals surface area contributed by atoms with Gasteiger partial charge in [0.05, 0.1) is 25.2 Å². The van der Waals surface area contributed by atoms with Crippen molar-refractivity contribution >= 4 is 63.2 Å². The van der Waals surface area contributed by atoms with Crippen LogP contribution in [-0.2, 0) is 9.59 Å². The van der Waals surface area contributed by atoms with Crippen molar-refractivity contribution in [1.29, 1.82) is 0 Å². The number of rotatable bonds is 4. The number of benzene rings is 1. The maximum absolute atomic E-state index is 12.6. The number of halogens is 2. The van der Waals surface area contributed by atoms with E-state index >= 15 is 0 Å². The highest BCUT2D eigenvalue weighted by Crippen LogP contribution is 2.52. The second-order valence-corrected chi connectivity index (χ2v) is 8.86. The van der Waals surface area contributed by atoms with Crippen molar-refractivity contribution in [3.8, 4) is 18.1 Å². The molecule has 2 amide bonds. The van der Waals surface area contributed by atoms with Crippen molar-refractivity contribution in [1.82, 2.24) is 5.01 Å². The molecule has 1 aromatic rings. The van der Waals surface area contributed by atoms with E-state index in [-0.39, 0.29) is 42.1 Å². The highest BCUT2D eigenvalue weighted by molar-refractivity contribution is 14.1. The van der Waals surface area contributed by atoms with Crippen LogP contribution in [0.25, 0.3) is 0 Å². The second-order valence-electron chi connectivity index (χ2n) is 6.54. The van der Waals surface area contributed by atoms with Crippen molar-refractivity contribution in [3.05, 3.63) is 37.0 Å². The summed E-state index contributed by atoms with van der Waals surface area (Å²) in [5.41, 5.74) is 0.797. The van der Waals surface area contributed by atoms with Gasteiger partial charge in [0.1, 0.15) is 12.4 Å². The minimum absolute atomic E-state index is 0.175. The first-order valence-corrected chi connectivity index (χ1v) is 10.3. The van der Waals surface area contributed by atoms with E-state index in [1.165, 1.54) is 0 Å². The number of carbonyl (C=O) groups is 2. The van der Waals surface area contributed by atoms with Gasteiger partial charge in [0.25, 0.3) is 11.8 Å². The van der Waals surface area contributed by atoms with Crippen LogP contribution in [0.2, 0.25) is 0 Å². The SMILES string of the molecule is C#CCOc1c(I)cc(C=NN2C(=O)[C@@H]3[C@H](C2=O)[C@H]2C=C[C@H]3C2)cc1I. The molecule has 2 bridgehead atoms. The van der Waals surface area contributed by atoms with Crippen LogP contribution in [0.1, 0.15) is 12.0 Å². The first-order chi connectivity index (χ1) is 12.5. The number of terminal acetylenes is 1. The molecule has 1 aliphatic heterocycles. The molecule has 1 aromatic carbocycles. The van der Waals surface area contributed by atoms with Gasteiger partial charge in [-0.2, -0.15) is 10.1 Å². The average molecular weight is 572 g/mol. The zero-order valence-electron chi connectivity index (χ0n) is 13.6. The summed E-state index contributed by atoms with van der Waals surface area (Å²) in [6.45, 7) is 0.204. The summed E-state index contributed by atoms with van der Waals surface area (Å²) in [4.78, 5) is 25.3. The fourth-order valence-corrected chi connectivity index (χ4v) is 6.16. The Bertz CT molecular complexity index is 850. The molecule has 4 rings (SSSR count). The number of imide groups is 1. The first kappa shape index (κ1) is 18.0. The van der Waals surface area contributed by atoms with E-state index in [0.717, 1.165) is 29.9 Å². The Morgan fingerprint density at radius 1 is 1.19 bits per heavy atom. The Morgan fingerprint density at radius 3 is 2.31 bits per heavy atom. The lowest BCUT2D eigenvalue weighted by molar-refractivity contribution is -0.140. The summed E-state index contributed by atoms with van der Waals surface area (Å²) < 4.78 is 7.33. The fraction of sp³-hybridized carbons (Fsp3) is 0.316. The van der Waals surface area contributed by atoms with Gasteiger partial charge in [-0.25, -0.2) is 0 Å². The van der Waals surface area contributed by atoms with Crippen molar-refractivity contribution in [2.75, 3.05) is 6.61 Å². The van der Waals surface area contributed by atoms with Crippen molar-refractivity contribution < 1.29 is 14.3 Å². The lowest BCUT2D eigenvalue weighted by Gasteiger charge is -2.13. The van der Waals surface area contributed by atoms with E-state index in [2.05, 4.69) is 68.4 Å². The van der Waals surface area contributed by atoms with Crippen molar-refractivity contribution in [2.45, 2.75) is 6.42 Å². The average Bonchev–Trinajstić information content (AvgIpc) is 3.27. The molecular formula is C19H14I2N2O3. The summed E-state index contributed by atoms with van der Waals surface area (Å²) in [6.07, 6.45) is 11.9. The van der Waals surface area contributed by atoms with Gasteiger partial charge in [-0.05, 0) is 81.1 Å². The van der Waals surface area contributed by atoms with Gasteiger partial charge in [-0.3, -0.25) is 9.59 Å². The molecule has 0 unspecified atom stereocenters. The molecule has 2 fully saturated rings. The van der Waals surface area contributed by atoms with Gasteiger partial charge in [0.15, 0.2) is 0 Å². The Labute approximate surface area is 178 Å². The van der Waals surface area contributed by atoms with E-state index in [9.17, 15) is 9.59 Å². The number of nitrogens with zero attached hydrogens (tertiary/aromatic N) is 2. The molecule has 5 nitrogen and oxygen atoms in total. The molecule has 3 aliphatic rings. The summed E-state index contributed by atoms with van der Waals surface area (Å²) >= 11 is 4.33. The third-order valence-corrected chi connectivity index (χ3v) is 6.69. The molecule has 0 radical (unpaired) electrons. The van der Waals surface area contributed by atoms with Gasteiger partial charge in [-0.15, -0.1) is 6.42 Å². The van der Waals surface area contributed by atoms with Gasteiger partial charge < -0.3 is 4.74 Å². The van der Waals surface area contributed by atoms with E-state index in [1.54, 1.807) is 6.21 Å². The predicted molar refractivity (Wildman–Crippen MR) is 113 cm³/mol. The van der Waals surface area contributed by atoms with E-state index in [1.807, 2.05) is 12.1 Å².